The summed E-state index contributed by atoms with van der Waals surface area (Å²) in [5, 5.41) is 5.82. The number of carbonyl (C=O) groups is 1. The Morgan fingerprint density at radius 3 is 2.46 bits per heavy atom. The molecule has 2 heterocycles. The molecule has 0 radical (unpaired) electrons. The Hall–Kier alpha value is -3.05. The van der Waals surface area contributed by atoms with Gasteiger partial charge in [0.1, 0.15) is 16.6 Å². The van der Waals surface area contributed by atoms with Crippen LogP contribution in [-0.4, -0.2) is 63.8 Å². The van der Waals surface area contributed by atoms with Crippen LogP contribution in [-0.2, 0) is 24.8 Å². The Labute approximate surface area is 211 Å². The number of amides is 1. The van der Waals surface area contributed by atoms with Gasteiger partial charge in [0.25, 0.3) is 10.0 Å². The van der Waals surface area contributed by atoms with Crippen molar-refractivity contribution in [2.45, 2.75) is 50.8 Å². The van der Waals surface area contributed by atoms with Crippen molar-refractivity contribution in [3.63, 3.8) is 0 Å². The molecule has 1 aromatic heterocycles. The first kappa shape index (κ1) is 28.5. The number of hydrogen-bond donors (Lipinski definition) is 2. The second-order valence-corrected chi connectivity index (χ2v) is 12.8. The van der Waals surface area contributed by atoms with Crippen LogP contribution in [0.3, 0.4) is 0 Å². The molecule has 0 aliphatic carbocycles. The van der Waals surface area contributed by atoms with Gasteiger partial charge in [-0.2, -0.15) is 13.9 Å². The Morgan fingerprint density at radius 2 is 1.92 bits per heavy atom. The predicted octanol–water partition coefficient (Wildman–Crippen LogP) is 2.58. The number of carbonyl (C=O) groups excluding carboxylic acids is 1. The molecule has 1 aliphatic rings. The lowest BCUT2D eigenvalue weighted by Gasteiger charge is -2.35. The molecule has 1 aliphatic heterocycles. The molecule has 37 heavy (non-hydrogen) atoms. The minimum atomic E-state index is -4.65. The number of aryl methyl sites for hydroxylation is 1. The highest BCUT2D eigenvalue weighted by Crippen LogP contribution is 2.41. The van der Waals surface area contributed by atoms with E-state index in [2.05, 4.69) is 15.1 Å². The summed E-state index contributed by atoms with van der Waals surface area (Å²) in [7, 11) is -8.36. The highest BCUT2D eigenvalue weighted by Gasteiger charge is 2.39. The van der Waals surface area contributed by atoms with Crippen molar-refractivity contribution in [2.75, 3.05) is 29.0 Å². The molecule has 2 N–H and O–H groups in total. The van der Waals surface area contributed by atoms with Gasteiger partial charge >= 0.3 is 12.6 Å². The molecule has 0 bridgehead atoms. The summed E-state index contributed by atoms with van der Waals surface area (Å²) in [4.78, 5) is 11.6. The fraction of sp³-hybridized carbons (Fsp3) is 0.500. The van der Waals surface area contributed by atoms with E-state index in [1.807, 2.05) is 0 Å². The molecule has 1 amide bonds. The highest BCUT2D eigenvalue weighted by molar-refractivity contribution is 7.93. The van der Waals surface area contributed by atoms with Gasteiger partial charge in [0.2, 0.25) is 10.0 Å². The molecular weight excluding hydrogens is 543 g/mol. The minimum Gasteiger partial charge on any atom is -0.482 e. The molecule has 12 nitrogen and oxygen atoms in total. The molecule has 1 atom stereocenters. The number of nitrogens with zero attached hydrogens (tertiary/aromatic N) is 3. The van der Waals surface area contributed by atoms with E-state index < -0.39 is 73.9 Å². The van der Waals surface area contributed by atoms with E-state index in [-0.39, 0.29) is 21.8 Å². The van der Waals surface area contributed by atoms with Crippen molar-refractivity contribution >= 4 is 37.5 Å². The topological polar surface area (TPSA) is 149 Å². The van der Waals surface area contributed by atoms with E-state index >= 15 is 4.39 Å². The van der Waals surface area contributed by atoms with Gasteiger partial charge < -0.3 is 9.47 Å². The summed E-state index contributed by atoms with van der Waals surface area (Å²) < 4.78 is 105. The van der Waals surface area contributed by atoms with Gasteiger partial charge in [-0.15, -0.1) is 0 Å². The Kier molecular flexibility index (Phi) is 7.72. The smallest absolute Gasteiger partial charge is 0.412 e. The summed E-state index contributed by atoms with van der Waals surface area (Å²) in [6, 6.07) is 1.97. The van der Waals surface area contributed by atoms with Gasteiger partial charge in [0.05, 0.1) is 30.4 Å². The number of ether oxygens (including phenoxy) is 2. The Morgan fingerprint density at radius 1 is 1.27 bits per heavy atom. The van der Waals surface area contributed by atoms with Crippen LogP contribution in [0.4, 0.5) is 29.3 Å². The fourth-order valence-corrected chi connectivity index (χ4v) is 5.52. The lowest BCUT2D eigenvalue weighted by Crippen LogP contribution is -2.48. The maximum Gasteiger partial charge on any atom is 0.412 e. The van der Waals surface area contributed by atoms with Gasteiger partial charge in [-0.25, -0.2) is 35.4 Å². The molecular formula is C20H26F3N5O7S2. The quantitative estimate of drug-likeness (QED) is 0.517. The lowest BCUT2D eigenvalue weighted by atomic mass is 10.2. The summed E-state index contributed by atoms with van der Waals surface area (Å²) in [5.74, 6) is -1.63. The van der Waals surface area contributed by atoms with Gasteiger partial charge in [-0.05, 0) is 33.8 Å². The molecule has 0 saturated heterocycles. The number of sulfonamides is 2. The number of rotatable bonds is 7. The first-order valence-corrected chi connectivity index (χ1v) is 14.0. The van der Waals surface area contributed by atoms with Crippen LogP contribution in [0.1, 0.15) is 33.0 Å². The van der Waals surface area contributed by atoms with E-state index in [1.165, 1.54) is 6.92 Å². The molecule has 0 fully saturated rings. The zero-order valence-corrected chi connectivity index (χ0v) is 22.1. The number of anilines is 2. The largest absolute Gasteiger partial charge is 0.482 e. The van der Waals surface area contributed by atoms with Gasteiger partial charge in [-0.3, -0.25) is 9.62 Å². The van der Waals surface area contributed by atoms with Crippen LogP contribution in [0, 0.1) is 12.7 Å². The van der Waals surface area contributed by atoms with E-state index in [9.17, 15) is 30.4 Å². The number of halogens is 3. The zero-order chi connectivity index (χ0) is 27.9. The average Bonchev–Trinajstić information content (AvgIpc) is 3.13. The molecule has 2 aromatic rings. The first-order chi connectivity index (χ1) is 16.9. The van der Waals surface area contributed by atoms with Gasteiger partial charge in [0.15, 0.2) is 11.6 Å². The normalized spacial score (nSPS) is 16.4. The monoisotopic (exact) mass is 569 g/mol. The summed E-state index contributed by atoms with van der Waals surface area (Å²) in [6.07, 6.45) is -0.632. The second kappa shape index (κ2) is 10.0. The Balaban J connectivity index is 2.09. The second-order valence-electron chi connectivity index (χ2n) is 9.17. The van der Waals surface area contributed by atoms with Crippen LogP contribution in [0.5, 0.6) is 5.75 Å². The molecule has 17 heteroatoms. The van der Waals surface area contributed by atoms with Crippen LogP contribution in [0.2, 0.25) is 0 Å². The maximum atomic E-state index is 15.1. The van der Waals surface area contributed by atoms with E-state index in [4.69, 9.17) is 9.47 Å². The summed E-state index contributed by atoms with van der Waals surface area (Å²) in [6.45, 7) is 1.96. The average molecular weight is 570 g/mol. The standard InChI is InChI=1S/C20H26F3N5O7S2/c1-11-16(10-27(26-11)18(22)23)37(32,33)28-9-13(8-24-36(5,30)31)34-17-14(21)6-12(7-15(17)28)25-19(29)35-20(2,3)4/h6-7,10,13,18,24H,8-9H2,1-5H3,(H,25,29)/t13-/m0/s1. The van der Waals surface area contributed by atoms with Crippen molar-refractivity contribution < 1.29 is 44.3 Å². The van der Waals surface area contributed by atoms with E-state index in [0.29, 0.717) is 10.5 Å². The zero-order valence-electron chi connectivity index (χ0n) is 20.5. The minimum absolute atomic E-state index is 0.160. The third-order valence-electron chi connectivity index (χ3n) is 4.80. The Bertz CT molecular complexity index is 1410. The first-order valence-electron chi connectivity index (χ1n) is 10.7. The third-order valence-corrected chi connectivity index (χ3v) is 7.38. The lowest BCUT2D eigenvalue weighted by molar-refractivity contribution is 0.0560. The summed E-state index contributed by atoms with van der Waals surface area (Å²) >= 11 is 0. The number of aromatic nitrogens is 2. The molecule has 3 rings (SSSR count). The van der Waals surface area contributed by atoms with Gasteiger partial charge in [-0.1, -0.05) is 0 Å². The number of hydrogen-bond acceptors (Lipinski definition) is 8. The number of nitrogens with one attached hydrogen (secondary N) is 2. The fourth-order valence-electron chi connectivity index (χ4n) is 3.38. The predicted molar refractivity (Wildman–Crippen MR) is 126 cm³/mol. The molecule has 206 valence electrons. The van der Waals surface area contributed by atoms with E-state index in [1.54, 1.807) is 20.8 Å². The van der Waals surface area contributed by atoms with Crippen molar-refractivity contribution in [1.29, 1.82) is 0 Å². The SMILES string of the molecule is Cc1nn(C(F)F)cc1S(=O)(=O)N1C[C@H](CNS(C)(=O)=O)Oc2c(F)cc(NC(=O)OC(C)(C)C)cc21. The van der Waals surface area contributed by atoms with Crippen molar-refractivity contribution in [2.24, 2.45) is 0 Å². The van der Waals surface area contributed by atoms with Crippen molar-refractivity contribution in [3.05, 3.63) is 29.8 Å². The molecule has 0 spiro atoms. The summed E-state index contributed by atoms with van der Waals surface area (Å²) in [5.41, 5.74) is -1.66. The molecule has 1 aromatic carbocycles. The van der Waals surface area contributed by atoms with Crippen LogP contribution in [0.15, 0.2) is 23.2 Å². The highest BCUT2D eigenvalue weighted by atomic mass is 32.2. The number of fused-ring (bicyclic) bond motifs is 1. The van der Waals surface area contributed by atoms with Crippen molar-refractivity contribution in [3.8, 4) is 5.75 Å². The van der Waals surface area contributed by atoms with Gasteiger partial charge in [0, 0.05) is 18.3 Å². The van der Waals surface area contributed by atoms with Crippen LogP contribution >= 0.6 is 0 Å². The number of benzene rings is 1. The van der Waals surface area contributed by atoms with Crippen LogP contribution in [0.25, 0.3) is 0 Å². The third kappa shape index (κ3) is 6.84. The molecule has 0 saturated carbocycles. The number of alkyl halides is 2. The maximum absolute atomic E-state index is 15.1. The van der Waals surface area contributed by atoms with E-state index in [0.717, 1.165) is 18.4 Å². The van der Waals surface area contributed by atoms with Crippen molar-refractivity contribution in [1.82, 2.24) is 14.5 Å². The molecule has 0 unspecified atom stereocenters. The van der Waals surface area contributed by atoms with Crippen LogP contribution < -0.4 is 19.1 Å².